The van der Waals surface area contributed by atoms with Crippen LogP contribution in [0.15, 0.2) is 43.0 Å². The number of carbonyl (C=O) groups excluding carboxylic acids is 1. The molecule has 2 atom stereocenters. The van der Waals surface area contributed by atoms with Crippen LogP contribution in [0.2, 0.25) is 0 Å². The van der Waals surface area contributed by atoms with Gasteiger partial charge in [-0.25, -0.2) is 4.79 Å². The van der Waals surface area contributed by atoms with Crippen molar-refractivity contribution in [2.24, 2.45) is 5.92 Å². The first-order chi connectivity index (χ1) is 10.5. The van der Waals surface area contributed by atoms with Crippen molar-refractivity contribution in [3.8, 4) is 0 Å². The van der Waals surface area contributed by atoms with Gasteiger partial charge in [-0.1, -0.05) is 50.3 Å². The molecule has 0 radical (unpaired) electrons. The molecule has 1 amide bonds. The van der Waals surface area contributed by atoms with E-state index in [2.05, 4.69) is 25.7 Å². The third-order valence-electron chi connectivity index (χ3n) is 3.73. The monoisotopic (exact) mass is 303 g/mol. The molecule has 0 aromatic heterocycles. The van der Waals surface area contributed by atoms with Gasteiger partial charge in [0.15, 0.2) is 0 Å². The van der Waals surface area contributed by atoms with Gasteiger partial charge in [-0.3, -0.25) is 4.79 Å². The fourth-order valence-corrected chi connectivity index (χ4v) is 2.43. The summed E-state index contributed by atoms with van der Waals surface area (Å²) in [6.45, 7) is 7.71. The zero-order valence-electron chi connectivity index (χ0n) is 13.3. The molecule has 0 heterocycles. The van der Waals surface area contributed by atoms with Crippen LogP contribution in [0, 0.1) is 5.92 Å². The summed E-state index contributed by atoms with van der Waals surface area (Å²) in [6, 6.07) is 9.00. The average molecular weight is 303 g/mol. The van der Waals surface area contributed by atoms with Crippen molar-refractivity contribution in [2.75, 3.05) is 0 Å². The van der Waals surface area contributed by atoms with Crippen LogP contribution in [0.1, 0.15) is 44.6 Å². The van der Waals surface area contributed by atoms with Crippen LogP contribution in [0.3, 0.4) is 0 Å². The maximum absolute atomic E-state index is 12.2. The number of amides is 1. The van der Waals surface area contributed by atoms with E-state index in [0.717, 1.165) is 5.56 Å². The Morgan fingerprint density at radius 1 is 1.27 bits per heavy atom. The maximum Gasteiger partial charge on any atom is 0.326 e. The second kappa shape index (κ2) is 9.03. The highest BCUT2D eigenvalue weighted by Gasteiger charge is 2.23. The third-order valence-corrected chi connectivity index (χ3v) is 3.73. The Hall–Kier alpha value is -2.10. The summed E-state index contributed by atoms with van der Waals surface area (Å²) in [5, 5.41) is 11.8. The number of nitrogens with one attached hydrogen (secondary N) is 1. The number of carboxylic acids is 1. The Balaban J connectivity index is 2.71. The Kier molecular flexibility index (Phi) is 7.37. The van der Waals surface area contributed by atoms with Gasteiger partial charge in [0.1, 0.15) is 6.04 Å². The van der Waals surface area contributed by atoms with E-state index in [-0.39, 0.29) is 11.8 Å². The van der Waals surface area contributed by atoms with Crippen LogP contribution in [0.4, 0.5) is 0 Å². The third kappa shape index (κ3) is 5.72. The molecule has 2 unspecified atom stereocenters. The maximum atomic E-state index is 12.2. The highest BCUT2D eigenvalue weighted by Crippen LogP contribution is 2.27. The van der Waals surface area contributed by atoms with E-state index in [0.29, 0.717) is 25.2 Å². The van der Waals surface area contributed by atoms with E-state index in [9.17, 15) is 9.59 Å². The SMILES string of the molecule is C=CCCC(NC(=O)CC(c1ccccc1)C(C)C)C(=O)O. The van der Waals surface area contributed by atoms with E-state index in [1.807, 2.05) is 30.3 Å². The van der Waals surface area contributed by atoms with Gasteiger partial charge >= 0.3 is 5.97 Å². The van der Waals surface area contributed by atoms with Gasteiger partial charge in [0.25, 0.3) is 0 Å². The molecule has 0 saturated carbocycles. The Labute approximate surface area is 132 Å². The van der Waals surface area contributed by atoms with Gasteiger partial charge in [-0.15, -0.1) is 6.58 Å². The lowest BCUT2D eigenvalue weighted by Crippen LogP contribution is -2.41. The van der Waals surface area contributed by atoms with Gasteiger partial charge < -0.3 is 10.4 Å². The fraction of sp³-hybridized carbons (Fsp3) is 0.444. The molecule has 1 rings (SSSR count). The summed E-state index contributed by atoms with van der Waals surface area (Å²) in [6.07, 6.45) is 2.87. The van der Waals surface area contributed by atoms with Gasteiger partial charge in [0, 0.05) is 6.42 Å². The minimum Gasteiger partial charge on any atom is -0.480 e. The molecule has 0 spiro atoms. The summed E-state index contributed by atoms with van der Waals surface area (Å²) in [4.78, 5) is 23.4. The van der Waals surface area contributed by atoms with Crippen molar-refractivity contribution < 1.29 is 14.7 Å². The first kappa shape index (κ1) is 18.0. The minimum atomic E-state index is -1.00. The molecular formula is C18H25NO3. The lowest BCUT2D eigenvalue weighted by atomic mass is 9.85. The van der Waals surface area contributed by atoms with Crippen LogP contribution >= 0.6 is 0 Å². The lowest BCUT2D eigenvalue weighted by Gasteiger charge is -2.22. The Bertz CT molecular complexity index is 496. The summed E-state index contributed by atoms with van der Waals surface area (Å²) < 4.78 is 0. The van der Waals surface area contributed by atoms with Crippen LogP contribution < -0.4 is 5.32 Å². The van der Waals surface area contributed by atoms with Crippen LogP contribution in [-0.4, -0.2) is 23.0 Å². The largest absolute Gasteiger partial charge is 0.480 e. The van der Waals surface area contributed by atoms with Crippen molar-refractivity contribution in [1.29, 1.82) is 0 Å². The molecule has 1 aromatic rings. The summed E-state index contributed by atoms with van der Waals surface area (Å²) in [7, 11) is 0. The fourth-order valence-electron chi connectivity index (χ4n) is 2.43. The molecular weight excluding hydrogens is 278 g/mol. The predicted octanol–water partition coefficient (Wildman–Crippen LogP) is 3.35. The molecule has 2 N–H and O–H groups in total. The lowest BCUT2D eigenvalue weighted by molar-refractivity contribution is -0.142. The summed E-state index contributed by atoms with van der Waals surface area (Å²) >= 11 is 0. The zero-order chi connectivity index (χ0) is 16.5. The number of allylic oxidation sites excluding steroid dienone is 1. The van der Waals surface area contributed by atoms with Gasteiger partial charge in [0.05, 0.1) is 0 Å². The van der Waals surface area contributed by atoms with Gasteiger partial charge in [0.2, 0.25) is 5.91 Å². The zero-order valence-corrected chi connectivity index (χ0v) is 13.3. The topological polar surface area (TPSA) is 66.4 Å². The van der Waals surface area contributed by atoms with Crippen LogP contribution in [0.25, 0.3) is 0 Å². The van der Waals surface area contributed by atoms with E-state index < -0.39 is 12.0 Å². The van der Waals surface area contributed by atoms with Crippen molar-refractivity contribution in [3.05, 3.63) is 48.6 Å². The Morgan fingerprint density at radius 3 is 2.41 bits per heavy atom. The van der Waals surface area contributed by atoms with E-state index in [1.54, 1.807) is 6.08 Å². The van der Waals surface area contributed by atoms with Gasteiger partial charge in [-0.05, 0) is 30.2 Å². The number of benzene rings is 1. The quantitative estimate of drug-likeness (QED) is 0.687. The number of rotatable bonds is 9. The number of hydrogen-bond acceptors (Lipinski definition) is 2. The molecule has 120 valence electrons. The predicted molar refractivity (Wildman–Crippen MR) is 87.6 cm³/mol. The van der Waals surface area contributed by atoms with Gasteiger partial charge in [-0.2, -0.15) is 0 Å². The number of hydrogen-bond donors (Lipinski definition) is 2. The van der Waals surface area contributed by atoms with E-state index >= 15 is 0 Å². The number of carbonyl (C=O) groups is 2. The molecule has 0 fully saturated rings. The normalized spacial score (nSPS) is 13.4. The number of aliphatic carboxylic acids is 1. The smallest absolute Gasteiger partial charge is 0.326 e. The molecule has 22 heavy (non-hydrogen) atoms. The molecule has 0 saturated heterocycles. The highest BCUT2D eigenvalue weighted by atomic mass is 16.4. The molecule has 0 aliphatic rings. The average Bonchev–Trinajstić information content (AvgIpc) is 2.49. The number of carboxylic acid groups (broad SMARTS) is 1. The van der Waals surface area contributed by atoms with Crippen molar-refractivity contribution in [2.45, 2.75) is 45.1 Å². The minimum absolute atomic E-state index is 0.0787. The highest BCUT2D eigenvalue weighted by molar-refractivity contribution is 5.84. The standard InChI is InChI=1S/C18H25NO3/c1-4-5-11-16(18(21)22)19-17(20)12-15(13(2)3)14-9-7-6-8-10-14/h4,6-10,13,15-16H,1,5,11-12H2,2-3H3,(H,19,20)(H,21,22). The second-order valence-electron chi connectivity index (χ2n) is 5.79. The molecule has 4 heteroatoms. The molecule has 0 aliphatic heterocycles. The Morgan fingerprint density at radius 2 is 1.91 bits per heavy atom. The summed E-state index contributed by atoms with van der Waals surface area (Å²) in [5.41, 5.74) is 1.10. The van der Waals surface area contributed by atoms with Crippen LogP contribution in [-0.2, 0) is 9.59 Å². The molecule has 4 nitrogen and oxygen atoms in total. The van der Waals surface area contributed by atoms with E-state index in [1.165, 1.54) is 0 Å². The summed E-state index contributed by atoms with van der Waals surface area (Å²) in [5.74, 6) is -0.852. The molecule has 0 bridgehead atoms. The second-order valence-corrected chi connectivity index (χ2v) is 5.79. The van der Waals surface area contributed by atoms with Crippen molar-refractivity contribution >= 4 is 11.9 Å². The first-order valence-corrected chi connectivity index (χ1v) is 7.63. The first-order valence-electron chi connectivity index (χ1n) is 7.63. The molecule has 1 aromatic carbocycles. The van der Waals surface area contributed by atoms with Crippen molar-refractivity contribution in [1.82, 2.24) is 5.32 Å². The molecule has 0 aliphatic carbocycles. The van der Waals surface area contributed by atoms with Crippen LogP contribution in [0.5, 0.6) is 0 Å². The van der Waals surface area contributed by atoms with Crippen molar-refractivity contribution in [3.63, 3.8) is 0 Å². The van der Waals surface area contributed by atoms with E-state index in [4.69, 9.17) is 5.11 Å².